The van der Waals surface area contributed by atoms with E-state index in [9.17, 15) is 9.18 Å². The summed E-state index contributed by atoms with van der Waals surface area (Å²) in [5.74, 6) is 0.942. The van der Waals surface area contributed by atoms with Gasteiger partial charge in [-0.2, -0.15) is 4.98 Å². The highest BCUT2D eigenvalue weighted by Crippen LogP contribution is 2.29. The fourth-order valence-corrected chi connectivity index (χ4v) is 4.17. The number of benzene rings is 4. The molecule has 6 nitrogen and oxygen atoms in total. The van der Waals surface area contributed by atoms with Crippen LogP contribution in [-0.4, -0.2) is 14.7 Å². The van der Waals surface area contributed by atoms with Crippen LogP contribution in [0.1, 0.15) is 5.56 Å². The van der Waals surface area contributed by atoms with Gasteiger partial charge in [-0.3, -0.25) is 9.36 Å². The standard InChI is InChI=1S/C30H20FN3O3/c31-22-9-6-10-23(17-22)34-18-27(25-11-4-5-12-26(25)30(34)35)29-32-28(33-37-29)21-13-15-24(16-14-21)36-19-20-7-2-1-3-8-20/h1-18H,19H2. The van der Waals surface area contributed by atoms with E-state index in [1.807, 2.05) is 66.7 Å². The van der Waals surface area contributed by atoms with Crippen molar-refractivity contribution in [1.82, 2.24) is 14.7 Å². The largest absolute Gasteiger partial charge is 0.489 e. The second kappa shape index (κ2) is 9.54. The summed E-state index contributed by atoms with van der Waals surface area (Å²) in [6.45, 7) is 0.473. The molecule has 0 saturated carbocycles. The Kier molecular flexibility index (Phi) is 5.78. The predicted octanol–water partition coefficient (Wildman–Crippen LogP) is 6.43. The lowest BCUT2D eigenvalue weighted by Crippen LogP contribution is -2.18. The predicted molar refractivity (Wildman–Crippen MR) is 139 cm³/mol. The van der Waals surface area contributed by atoms with E-state index in [4.69, 9.17) is 9.26 Å². The Morgan fingerprint density at radius 2 is 1.59 bits per heavy atom. The number of ether oxygens (including phenoxy) is 1. The summed E-state index contributed by atoms with van der Waals surface area (Å²) in [7, 11) is 0. The summed E-state index contributed by atoms with van der Waals surface area (Å²) in [5, 5.41) is 5.29. The third kappa shape index (κ3) is 4.50. The summed E-state index contributed by atoms with van der Waals surface area (Å²) >= 11 is 0. The molecular weight excluding hydrogens is 469 g/mol. The summed E-state index contributed by atoms with van der Waals surface area (Å²) in [5.41, 5.74) is 2.55. The van der Waals surface area contributed by atoms with Crippen molar-refractivity contribution in [1.29, 1.82) is 0 Å². The van der Waals surface area contributed by atoms with Crippen molar-refractivity contribution < 1.29 is 13.7 Å². The summed E-state index contributed by atoms with van der Waals surface area (Å²) < 4.78 is 26.8. The second-order valence-electron chi connectivity index (χ2n) is 8.47. The lowest BCUT2D eigenvalue weighted by Gasteiger charge is -2.10. The van der Waals surface area contributed by atoms with Crippen molar-refractivity contribution in [3.8, 4) is 34.3 Å². The normalized spacial score (nSPS) is 11.1. The van der Waals surface area contributed by atoms with Crippen molar-refractivity contribution in [2.24, 2.45) is 0 Å². The van der Waals surface area contributed by atoms with Crippen LogP contribution in [0, 0.1) is 5.82 Å². The fourth-order valence-electron chi connectivity index (χ4n) is 4.17. The highest BCUT2D eigenvalue weighted by Gasteiger charge is 2.17. The van der Waals surface area contributed by atoms with Gasteiger partial charge in [0.2, 0.25) is 5.82 Å². The molecule has 7 heteroatoms. The third-order valence-corrected chi connectivity index (χ3v) is 6.03. The monoisotopic (exact) mass is 489 g/mol. The Morgan fingerprint density at radius 1 is 0.838 bits per heavy atom. The number of halogens is 1. The third-order valence-electron chi connectivity index (χ3n) is 6.03. The molecule has 0 spiro atoms. The van der Waals surface area contributed by atoms with Crippen LogP contribution in [0.4, 0.5) is 4.39 Å². The summed E-state index contributed by atoms with van der Waals surface area (Å²) in [6, 6.07) is 30.4. The minimum atomic E-state index is -0.435. The number of aromatic nitrogens is 3. The van der Waals surface area contributed by atoms with E-state index >= 15 is 0 Å². The molecule has 2 aromatic heterocycles. The molecule has 0 amide bonds. The van der Waals surface area contributed by atoms with Crippen LogP contribution >= 0.6 is 0 Å². The van der Waals surface area contributed by atoms with Gasteiger partial charge in [-0.25, -0.2) is 4.39 Å². The van der Waals surface area contributed by atoms with Crippen LogP contribution in [0.5, 0.6) is 5.75 Å². The smallest absolute Gasteiger partial charge is 0.262 e. The number of rotatable bonds is 6. The average molecular weight is 490 g/mol. The Bertz CT molecular complexity index is 1760. The SMILES string of the molecule is O=c1c2ccccc2c(-c2nc(-c3ccc(OCc4ccccc4)cc3)no2)cn1-c1cccc(F)c1. The Hall–Kier alpha value is -5.04. The zero-order chi connectivity index (χ0) is 25.2. The van der Waals surface area contributed by atoms with Crippen LogP contribution in [0.25, 0.3) is 39.3 Å². The topological polar surface area (TPSA) is 70.2 Å². The number of hydrogen-bond acceptors (Lipinski definition) is 5. The van der Waals surface area contributed by atoms with Crippen molar-refractivity contribution in [2.45, 2.75) is 6.61 Å². The van der Waals surface area contributed by atoms with Gasteiger partial charge in [0.15, 0.2) is 0 Å². The zero-order valence-corrected chi connectivity index (χ0v) is 19.5. The van der Waals surface area contributed by atoms with Gasteiger partial charge in [-0.15, -0.1) is 0 Å². The number of nitrogens with zero attached hydrogens (tertiary/aromatic N) is 3. The minimum Gasteiger partial charge on any atom is -0.489 e. The molecular formula is C30H20FN3O3. The molecule has 0 atom stereocenters. The first-order chi connectivity index (χ1) is 18.2. The highest BCUT2D eigenvalue weighted by atomic mass is 19.1. The maximum atomic E-state index is 13.9. The Morgan fingerprint density at radius 3 is 2.38 bits per heavy atom. The lowest BCUT2D eigenvalue weighted by atomic mass is 10.1. The minimum absolute atomic E-state index is 0.251. The lowest BCUT2D eigenvalue weighted by molar-refractivity contribution is 0.306. The quantitative estimate of drug-likeness (QED) is 0.270. The number of hydrogen-bond donors (Lipinski definition) is 0. The second-order valence-corrected chi connectivity index (χ2v) is 8.47. The highest BCUT2D eigenvalue weighted by molar-refractivity contribution is 5.94. The van der Waals surface area contributed by atoms with E-state index in [1.165, 1.54) is 16.7 Å². The average Bonchev–Trinajstić information content (AvgIpc) is 3.43. The van der Waals surface area contributed by atoms with E-state index in [0.29, 0.717) is 34.5 Å². The molecule has 0 saturated heterocycles. The van der Waals surface area contributed by atoms with Crippen LogP contribution in [0.2, 0.25) is 0 Å². The maximum Gasteiger partial charge on any atom is 0.262 e. The van der Waals surface area contributed by atoms with Crippen molar-refractivity contribution in [3.63, 3.8) is 0 Å². The first-order valence-electron chi connectivity index (χ1n) is 11.7. The summed E-state index contributed by atoms with van der Waals surface area (Å²) in [4.78, 5) is 17.8. The molecule has 0 N–H and O–H groups in total. The molecule has 0 unspecified atom stereocenters. The molecule has 37 heavy (non-hydrogen) atoms. The molecule has 6 rings (SSSR count). The first-order valence-corrected chi connectivity index (χ1v) is 11.7. The molecule has 0 radical (unpaired) electrons. The van der Waals surface area contributed by atoms with Gasteiger partial charge < -0.3 is 9.26 Å². The van der Waals surface area contributed by atoms with E-state index in [2.05, 4.69) is 10.1 Å². The Labute approximate surface area is 211 Å². The fraction of sp³-hybridized carbons (Fsp3) is 0.0333. The first kappa shape index (κ1) is 22.4. The molecule has 0 aliphatic heterocycles. The van der Waals surface area contributed by atoms with Crippen LogP contribution < -0.4 is 10.3 Å². The van der Waals surface area contributed by atoms with E-state index in [0.717, 1.165) is 16.9 Å². The Balaban J connectivity index is 1.34. The summed E-state index contributed by atoms with van der Waals surface area (Å²) in [6.07, 6.45) is 1.61. The molecule has 0 aliphatic carbocycles. The van der Waals surface area contributed by atoms with E-state index < -0.39 is 5.82 Å². The van der Waals surface area contributed by atoms with Gasteiger partial charge in [0.25, 0.3) is 11.4 Å². The van der Waals surface area contributed by atoms with Crippen LogP contribution in [-0.2, 0) is 6.61 Å². The van der Waals surface area contributed by atoms with Crippen molar-refractivity contribution in [2.75, 3.05) is 0 Å². The molecule has 0 bridgehead atoms. The van der Waals surface area contributed by atoms with Crippen molar-refractivity contribution in [3.05, 3.63) is 131 Å². The zero-order valence-electron chi connectivity index (χ0n) is 19.5. The van der Waals surface area contributed by atoms with Gasteiger partial charge in [0, 0.05) is 22.5 Å². The maximum absolute atomic E-state index is 13.9. The van der Waals surface area contributed by atoms with Gasteiger partial charge in [0.1, 0.15) is 18.2 Å². The number of pyridine rings is 1. The molecule has 180 valence electrons. The molecule has 0 fully saturated rings. The van der Waals surface area contributed by atoms with Gasteiger partial charge >= 0.3 is 0 Å². The van der Waals surface area contributed by atoms with Gasteiger partial charge in [0.05, 0.1) is 11.3 Å². The number of fused-ring (bicyclic) bond motifs is 1. The van der Waals surface area contributed by atoms with E-state index in [-0.39, 0.29) is 11.4 Å². The van der Waals surface area contributed by atoms with Crippen LogP contribution in [0.3, 0.4) is 0 Å². The van der Waals surface area contributed by atoms with Gasteiger partial charge in [-0.1, -0.05) is 59.8 Å². The molecule has 4 aromatic carbocycles. The molecule has 0 aliphatic rings. The van der Waals surface area contributed by atoms with Crippen molar-refractivity contribution >= 4 is 10.8 Å². The van der Waals surface area contributed by atoms with Crippen LogP contribution in [0.15, 0.2) is 119 Å². The molecule has 6 aromatic rings. The molecule has 2 heterocycles. The van der Waals surface area contributed by atoms with Gasteiger partial charge in [-0.05, 0) is 54.1 Å². The van der Waals surface area contributed by atoms with E-state index in [1.54, 1.807) is 30.5 Å².